The molecule has 0 saturated carbocycles. The number of aryl methyl sites for hydroxylation is 2. The summed E-state index contributed by atoms with van der Waals surface area (Å²) >= 11 is 0. The van der Waals surface area contributed by atoms with Gasteiger partial charge in [0.2, 0.25) is 0 Å². The van der Waals surface area contributed by atoms with Crippen molar-refractivity contribution >= 4 is 6.01 Å². The number of hydrogen-bond donors (Lipinski definition) is 1. The Kier molecular flexibility index (Phi) is 2.59. The third-order valence-corrected chi connectivity index (χ3v) is 3.72. The van der Waals surface area contributed by atoms with Crippen molar-refractivity contribution in [2.45, 2.75) is 32.1 Å². The first kappa shape index (κ1) is 10.1. The zero-order valence-corrected chi connectivity index (χ0v) is 9.61. The van der Waals surface area contributed by atoms with Gasteiger partial charge in [-0.15, -0.1) is 0 Å². The van der Waals surface area contributed by atoms with Gasteiger partial charge >= 0.3 is 0 Å². The predicted octanol–water partition coefficient (Wildman–Crippen LogP) is 1.34. The Hall–Kier alpha value is -1.03. The standard InChI is InChI=1S/C12H19N3O/c13-7-9-5-6-15(8-9)12-14-10-3-1-2-4-11(10)16-12/h9H,1-8,13H2. The molecule has 4 nitrogen and oxygen atoms in total. The summed E-state index contributed by atoms with van der Waals surface area (Å²) in [4.78, 5) is 6.87. The molecule has 1 aliphatic heterocycles. The lowest BCUT2D eigenvalue weighted by Crippen LogP contribution is -2.22. The number of oxazole rings is 1. The molecule has 2 aliphatic rings. The number of nitrogens with two attached hydrogens (primary N) is 1. The Morgan fingerprint density at radius 3 is 3.00 bits per heavy atom. The summed E-state index contributed by atoms with van der Waals surface area (Å²) in [6.07, 6.45) is 5.82. The minimum atomic E-state index is 0.615. The van der Waals surface area contributed by atoms with Gasteiger partial charge in [0.25, 0.3) is 6.01 Å². The molecule has 0 bridgehead atoms. The molecule has 0 amide bonds. The highest BCUT2D eigenvalue weighted by Crippen LogP contribution is 2.28. The fourth-order valence-corrected chi connectivity index (χ4v) is 2.67. The van der Waals surface area contributed by atoms with Crippen LogP contribution in [0, 0.1) is 5.92 Å². The molecule has 0 radical (unpaired) electrons. The molecule has 1 aromatic rings. The van der Waals surface area contributed by atoms with Crippen molar-refractivity contribution in [1.82, 2.24) is 4.98 Å². The number of aromatic nitrogens is 1. The van der Waals surface area contributed by atoms with Gasteiger partial charge in [-0.25, -0.2) is 0 Å². The second-order valence-corrected chi connectivity index (χ2v) is 4.91. The van der Waals surface area contributed by atoms with E-state index in [4.69, 9.17) is 10.2 Å². The summed E-state index contributed by atoms with van der Waals surface area (Å²) in [5.41, 5.74) is 6.89. The second-order valence-electron chi connectivity index (χ2n) is 4.91. The minimum Gasteiger partial charge on any atom is -0.428 e. The summed E-state index contributed by atoms with van der Waals surface area (Å²) in [6.45, 7) is 2.83. The third kappa shape index (κ3) is 1.71. The third-order valence-electron chi connectivity index (χ3n) is 3.72. The Bertz CT molecular complexity index is 351. The SMILES string of the molecule is NCC1CCN(c2nc3c(o2)CCCC3)C1. The molecule has 0 spiro atoms. The fraction of sp³-hybridized carbons (Fsp3) is 0.750. The van der Waals surface area contributed by atoms with Gasteiger partial charge in [0.05, 0.1) is 5.69 Å². The predicted molar refractivity (Wildman–Crippen MR) is 62.5 cm³/mol. The Morgan fingerprint density at radius 2 is 2.25 bits per heavy atom. The van der Waals surface area contributed by atoms with E-state index in [0.717, 1.165) is 44.3 Å². The van der Waals surface area contributed by atoms with E-state index in [0.29, 0.717) is 5.92 Å². The normalized spacial score (nSPS) is 24.8. The number of fused-ring (bicyclic) bond motifs is 1. The maximum atomic E-state index is 5.86. The molecular weight excluding hydrogens is 202 g/mol. The largest absolute Gasteiger partial charge is 0.428 e. The van der Waals surface area contributed by atoms with Crippen LogP contribution in [0.1, 0.15) is 30.7 Å². The average molecular weight is 221 g/mol. The van der Waals surface area contributed by atoms with Crippen LogP contribution in [0.15, 0.2) is 4.42 Å². The van der Waals surface area contributed by atoms with Crippen molar-refractivity contribution in [3.63, 3.8) is 0 Å². The van der Waals surface area contributed by atoms with Crippen molar-refractivity contribution in [2.75, 3.05) is 24.5 Å². The minimum absolute atomic E-state index is 0.615. The summed E-state index contributed by atoms with van der Waals surface area (Å²) in [7, 11) is 0. The first-order valence-electron chi connectivity index (χ1n) is 6.30. The second kappa shape index (κ2) is 4.09. The van der Waals surface area contributed by atoms with Crippen LogP contribution in [-0.4, -0.2) is 24.6 Å². The van der Waals surface area contributed by atoms with Gasteiger partial charge in [-0.1, -0.05) is 0 Å². The van der Waals surface area contributed by atoms with Crippen LogP contribution in [0.5, 0.6) is 0 Å². The molecule has 1 fully saturated rings. The first-order valence-corrected chi connectivity index (χ1v) is 6.30. The molecule has 88 valence electrons. The van der Waals surface area contributed by atoms with Crippen LogP contribution in [-0.2, 0) is 12.8 Å². The lowest BCUT2D eigenvalue weighted by atomic mass is 10.0. The van der Waals surface area contributed by atoms with Gasteiger partial charge in [0.15, 0.2) is 0 Å². The molecule has 16 heavy (non-hydrogen) atoms. The Balaban J connectivity index is 1.77. The molecule has 3 rings (SSSR count). The van der Waals surface area contributed by atoms with E-state index in [1.54, 1.807) is 0 Å². The number of rotatable bonds is 2. The van der Waals surface area contributed by atoms with Crippen molar-refractivity contribution in [1.29, 1.82) is 0 Å². The number of nitrogens with zero attached hydrogens (tertiary/aromatic N) is 2. The average Bonchev–Trinajstić information content (AvgIpc) is 2.95. The zero-order chi connectivity index (χ0) is 11.0. The lowest BCUT2D eigenvalue weighted by Gasteiger charge is -2.12. The highest BCUT2D eigenvalue weighted by Gasteiger charge is 2.26. The van der Waals surface area contributed by atoms with Gasteiger partial charge in [-0.2, -0.15) is 4.98 Å². The highest BCUT2D eigenvalue weighted by molar-refractivity contribution is 5.32. The zero-order valence-electron chi connectivity index (χ0n) is 9.61. The van der Waals surface area contributed by atoms with E-state index < -0.39 is 0 Å². The molecule has 2 heterocycles. The molecule has 1 unspecified atom stereocenters. The topological polar surface area (TPSA) is 55.3 Å². The maximum Gasteiger partial charge on any atom is 0.297 e. The molecule has 2 N–H and O–H groups in total. The molecule has 1 aliphatic carbocycles. The molecular formula is C12H19N3O. The number of hydrogen-bond acceptors (Lipinski definition) is 4. The van der Waals surface area contributed by atoms with Gasteiger partial charge in [-0.05, 0) is 38.1 Å². The Labute approximate surface area is 95.8 Å². The maximum absolute atomic E-state index is 5.86. The van der Waals surface area contributed by atoms with Gasteiger partial charge in [-0.3, -0.25) is 0 Å². The first-order chi connectivity index (χ1) is 7.86. The van der Waals surface area contributed by atoms with E-state index in [2.05, 4.69) is 9.88 Å². The van der Waals surface area contributed by atoms with Gasteiger partial charge < -0.3 is 15.1 Å². The van der Waals surface area contributed by atoms with Gasteiger partial charge in [0.1, 0.15) is 5.76 Å². The van der Waals surface area contributed by atoms with E-state index in [1.807, 2.05) is 0 Å². The summed E-state index contributed by atoms with van der Waals surface area (Å²) in [5.74, 6) is 1.74. The van der Waals surface area contributed by atoms with Crippen LogP contribution in [0.4, 0.5) is 6.01 Å². The molecule has 1 atom stereocenters. The van der Waals surface area contributed by atoms with Crippen LogP contribution in [0.3, 0.4) is 0 Å². The summed E-state index contributed by atoms with van der Waals surface area (Å²) < 4.78 is 5.86. The summed E-state index contributed by atoms with van der Waals surface area (Å²) in [5, 5.41) is 0. The van der Waals surface area contributed by atoms with E-state index in [9.17, 15) is 0 Å². The molecule has 0 aromatic carbocycles. The molecule has 4 heteroatoms. The van der Waals surface area contributed by atoms with Crippen molar-refractivity contribution in [3.05, 3.63) is 11.5 Å². The lowest BCUT2D eigenvalue weighted by molar-refractivity contribution is 0.472. The van der Waals surface area contributed by atoms with Crippen molar-refractivity contribution < 1.29 is 4.42 Å². The molecule has 1 aromatic heterocycles. The summed E-state index contributed by atoms with van der Waals surface area (Å²) in [6, 6.07) is 0.836. The van der Waals surface area contributed by atoms with Gasteiger partial charge in [0, 0.05) is 19.5 Å². The van der Waals surface area contributed by atoms with Crippen LogP contribution < -0.4 is 10.6 Å². The van der Waals surface area contributed by atoms with E-state index in [1.165, 1.54) is 25.0 Å². The highest BCUT2D eigenvalue weighted by atomic mass is 16.4. The molecule has 1 saturated heterocycles. The fourth-order valence-electron chi connectivity index (χ4n) is 2.67. The van der Waals surface area contributed by atoms with Crippen LogP contribution in [0.25, 0.3) is 0 Å². The van der Waals surface area contributed by atoms with Crippen molar-refractivity contribution in [2.24, 2.45) is 11.7 Å². The van der Waals surface area contributed by atoms with E-state index in [-0.39, 0.29) is 0 Å². The van der Waals surface area contributed by atoms with Crippen molar-refractivity contribution in [3.8, 4) is 0 Å². The monoisotopic (exact) mass is 221 g/mol. The quantitative estimate of drug-likeness (QED) is 0.818. The van der Waals surface area contributed by atoms with E-state index >= 15 is 0 Å². The van der Waals surface area contributed by atoms with Crippen LogP contribution >= 0.6 is 0 Å². The van der Waals surface area contributed by atoms with Crippen LogP contribution in [0.2, 0.25) is 0 Å². The number of anilines is 1. The Morgan fingerprint density at radius 1 is 1.38 bits per heavy atom. The smallest absolute Gasteiger partial charge is 0.297 e.